The fourth-order valence-corrected chi connectivity index (χ4v) is 3.05. The second-order valence-corrected chi connectivity index (χ2v) is 5.59. The van der Waals surface area contributed by atoms with E-state index in [0.717, 1.165) is 11.6 Å². The fourth-order valence-electron chi connectivity index (χ4n) is 2.93. The van der Waals surface area contributed by atoms with Gasteiger partial charge in [0.25, 0.3) is 0 Å². The van der Waals surface area contributed by atoms with Crippen molar-refractivity contribution in [2.75, 3.05) is 39.3 Å². The number of nitrogens with one attached hydrogen (secondary N) is 2. The van der Waals surface area contributed by atoms with Crippen LogP contribution in [0.4, 0.5) is 0 Å². The Morgan fingerprint density at radius 3 is 2.28 bits per heavy atom. The molecule has 5 N–H and O–H groups in total. The third kappa shape index (κ3) is 3.23. The van der Waals surface area contributed by atoms with Gasteiger partial charge in [-0.3, -0.25) is 0 Å². The zero-order valence-corrected chi connectivity index (χ0v) is 12.0. The van der Waals surface area contributed by atoms with Crippen LogP contribution in [0.1, 0.15) is 18.5 Å². The lowest BCUT2D eigenvalue weighted by Crippen LogP contribution is -3.28. The number of piperazine rings is 1. The smallest absolute Gasteiger partial charge is 0.163 e. The minimum atomic E-state index is 0.528. The van der Waals surface area contributed by atoms with Gasteiger partial charge in [0.2, 0.25) is 0 Å². The molecule has 1 aromatic carbocycles. The summed E-state index contributed by atoms with van der Waals surface area (Å²) in [6.45, 7) is 9.57. The van der Waals surface area contributed by atoms with E-state index in [9.17, 15) is 0 Å². The fraction of sp³-hybridized carbons (Fsp3) is 0.571. The Morgan fingerprint density at radius 1 is 1.17 bits per heavy atom. The Hall–Kier alpha value is -0.610. The molecule has 1 atom stereocenters. The SMILES string of the molecule is CC[NH+]1CC[NH+]([C@@H](C[NH3+])c2ccc(Cl)cc2)CC1. The number of rotatable bonds is 4. The summed E-state index contributed by atoms with van der Waals surface area (Å²) in [5.74, 6) is 0. The summed E-state index contributed by atoms with van der Waals surface area (Å²) in [5, 5.41) is 0.816. The third-order valence-corrected chi connectivity index (χ3v) is 4.41. The summed E-state index contributed by atoms with van der Waals surface area (Å²) in [5.41, 5.74) is 5.52. The van der Waals surface area contributed by atoms with Crippen molar-refractivity contribution < 1.29 is 15.5 Å². The van der Waals surface area contributed by atoms with Crippen LogP contribution in [-0.2, 0) is 0 Å². The topological polar surface area (TPSA) is 36.5 Å². The quantitative estimate of drug-likeness (QED) is 0.591. The number of benzene rings is 1. The summed E-state index contributed by atoms with van der Waals surface area (Å²) >= 11 is 5.96. The molecule has 1 aromatic rings. The number of hydrogen-bond acceptors (Lipinski definition) is 0. The van der Waals surface area contributed by atoms with Crippen molar-refractivity contribution in [3.8, 4) is 0 Å². The van der Waals surface area contributed by atoms with Gasteiger partial charge in [-0.25, -0.2) is 0 Å². The molecular weight excluding hydrogens is 246 g/mol. The van der Waals surface area contributed by atoms with E-state index in [4.69, 9.17) is 11.6 Å². The predicted molar refractivity (Wildman–Crippen MR) is 73.9 cm³/mol. The number of hydrogen-bond donors (Lipinski definition) is 3. The molecule has 1 heterocycles. The van der Waals surface area contributed by atoms with E-state index >= 15 is 0 Å². The van der Waals surface area contributed by atoms with Crippen LogP contribution in [0.15, 0.2) is 24.3 Å². The summed E-state index contributed by atoms with van der Waals surface area (Å²) in [7, 11) is 0. The number of likely N-dealkylation sites (N-methyl/N-ethyl adjacent to an activating group) is 1. The highest BCUT2D eigenvalue weighted by Crippen LogP contribution is 2.13. The molecule has 1 fully saturated rings. The standard InChI is InChI=1S/C14H22ClN3/c1-2-17-7-9-18(10-8-17)14(11-16)12-3-5-13(15)6-4-12/h3-6,14H,2,7-11,16H2,1H3/p+3/t14-/m0/s1. The first-order valence-corrected chi connectivity index (χ1v) is 7.35. The Morgan fingerprint density at radius 2 is 1.78 bits per heavy atom. The van der Waals surface area contributed by atoms with Gasteiger partial charge >= 0.3 is 0 Å². The molecule has 3 nitrogen and oxygen atoms in total. The maximum absolute atomic E-state index is 5.96. The van der Waals surface area contributed by atoms with Crippen LogP contribution in [0.25, 0.3) is 0 Å². The van der Waals surface area contributed by atoms with Gasteiger partial charge in [0.15, 0.2) is 6.04 Å². The Balaban J connectivity index is 2.03. The van der Waals surface area contributed by atoms with E-state index in [1.54, 1.807) is 9.80 Å². The molecule has 1 aliphatic heterocycles. The van der Waals surface area contributed by atoms with Crippen LogP contribution >= 0.6 is 11.6 Å². The van der Waals surface area contributed by atoms with Gasteiger partial charge in [0.05, 0.1) is 6.54 Å². The van der Waals surface area contributed by atoms with Crippen molar-refractivity contribution in [2.24, 2.45) is 0 Å². The van der Waals surface area contributed by atoms with E-state index in [1.165, 1.54) is 38.3 Å². The molecule has 1 aliphatic rings. The highest BCUT2D eigenvalue weighted by molar-refractivity contribution is 6.30. The second-order valence-electron chi connectivity index (χ2n) is 5.15. The highest BCUT2D eigenvalue weighted by atomic mass is 35.5. The van der Waals surface area contributed by atoms with Crippen molar-refractivity contribution in [1.29, 1.82) is 0 Å². The zero-order chi connectivity index (χ0) is 13.0. The van der Waals surface area contributed by atoms with Gasteiger partial charge in [-0.1, -0.05) is 23.7 Å². The minimum absolute atomic E-state index is 0.528. The van der Waals surface area contributed by atoms with E-state index in [0.29, 0.717) is 6.04 Å². The number of halogens is 1. The van der Waals surface area contributed by atoms with E-state index in [-0.39, 0.29) is 0 Å². The zero-order valence-electron chi connectivity index (χ0n) is 11.2. The molecule has 0 amide bonds. The average Bonchev–Trinajstić information content (AvgIpc) is 2.42. The molecule has 2 rings (SSSR count). The molecule has 0 bridgehead atoms. The van der Waals surface area contributed by atoms with E-state index in [1.807, 2.05) is 12.1 Å². The van der Waals surface area contributed by atoms with Crippen LogP contribution < -0.4 is 15.5 Å². The van der Waals surface area contributed by atoms with Gasteiger partial charge in [-0.15, -0.1) is 0 Å². The van der Waals surface area contributed by atoms with Crippen molar-refractivity contribution >= 4 is 11.6 Å². The molecule has 0 aliphatic carbocycles. The first-order chi connectivity index (χ1) is 8.74. The Bertz CT molecular complexity index is 358. The minimum Gasteiger partial charge on any atom is -0.352 e. The summed E-state index contributed by atoms with van der Waals surface area (Å²) in [4.78, 5) is 3.42. The lowest BCUT2D eigenvalue weighted by Gasteiger charge is -2.33. The molecule has 100 valence electrons. The van der Waals surface area contributed by atoms with Gasteiger partial charge in [-0.05, 0) is 19.1 Å². The van der Waals surface area contributed by atoms with Crippen LogP contribution in [0.3, 0.4) is 0 Å². The lowest BCUT2D eigenvalue weighted by atomic mass is 10.0. The first-order valence-electron chi connectivity index (χ1n) is 6.97. The summed E-state index contributed by atoms with van der Waals surface area (Å²) < 4.78 is 0. The molecular formula is C14H25ClN3+3. The van der Waals surface area contributed by atoms with Crippen LogP contribution in [0, 0.1) is 0 Å². The van der Waals surface area contributed by atoms with Crippen molar-refractivity contribution in [1.82, 2.24) is 0 Å². The molecule has 0 saturated carbocycles. The molecule has 0 unspecified atom stereocenters. The molecule has 4 heteroatoms. The lowest BCUT2D eigenvalue weighted by molar-refractivity contribution is -1.03. The number of quaternary nitrogens is 3. The molecule has 1 saturated heterocycles. The average molecular weight is 271 g/mol. The molecule has 0 radical (unpaired) electrons. The largest absolute Gasteiger partial charge is 0.352 e. The Labute approximate surface area is 115 Å². The van der Waals surface area contributed by atoms with Gasteiger partial charge < -0.3 is 15.5 Å². The monoisotopic (exact) mass is 270 g/mol. The Kier molecular flexibility index (Phi) is 5.01. The van der Waals surface area contributed by atoms with Crippen LogP contribution in [0.2, 0.25) is 5.02 Å². The highest BCUT2D eigenvalue weighted by Gasteiger charge is 2.30. The normalized spacial score (nSPS) is 25.9. The first kappa shape index (κ1) is 13.8. The molecule has 0 aromatic heterocycles. The molecule has 18 heavy (non-hydrogen) atoms. The van der Waals surface area contributed by atoms with E-state index < -0.39 is 0 Å². The van der Waals surface area contributed by atoms with Crippen molar-refractivity contribution in [2.45, 2.75) is 13.0 Å². The van der Waals surface area contributed by atoms with Crippen molar-refractivity contribution in [3.63, 3.8) is 0 Å². The van der Waals surface area contributed by atoms with Gasteiger partial charge in [-0.2, -0.15) is 0 Å². The summed E-state index contributed by atoms with van der Waals surface area (Å²) in [6.07, 6.45) is 0. The third-order valence-electron chi connectivity index (χ3n) is 4.15. The van der Waals surface area contributed by atoms with Crippen molar-refractivity contribution in [3.05, 3.63) is 34.9 Å². The maximum atomic E-state index is 5.96. The maximum Gasteiger partial charge on any atom is 0.163 e. The molecule has 0 spiro atoms. The summed E-state index contributed by atoms with van der Waals surface area (Å²) in [6, 6.07) is 8.83. The van der Waals surface area contributed by atoms with Gasteiger partial charge in [0.1, 0.15) is 32.7 Å². The van der Waals surface area contributed by atoms with E-state index in [2.05, 4.69) is 24.8 Å². The van der Waals surface area contributed by atoms with Crippen LogP contribution in [0.5, 0.6) is 0 Å². The predicted octanol–water partition coefficient (Wildman–Crippen LogP) is -1.57. The second kappa shape index (κ2) is 6.53. The van der Waals surface area contributed by atoms with Crippen LogP contribution in [-0.4, -0.2) is 39.3 Å². The van der Waals surface area contributed by atoms with Gasteiger partial charge in [0, 0.05) is 10.6 Å².